The van der Waals surface area contributed by atoms with Gasteiger partial charge >= 0.3 is 6.18 Å². The Morgan fingerprint density at radius 1 is 1.07 bits per heavy atom. The van der Waals surface area contributed by atoms with Crippen molar-refractivity contribution in [2.24, 2.45) is 0 Å². The minimum absolute atomic E-state index is 0.362. The van der Waals surface area contributed by atoms with E-state index in [1.54, 1.807) is 18.2 Å². The van der Waals surface area contributed by atoms with Crippen LogP contribution in [0.3, 0.4) is 0 Å². The Kier molecular flexibility index (Phi) is 3.71. The minimum atomic E-state index is -4.68. The summed E-state index contributed by atoms with van der Waals surface area (Å²) in [5.74, 6) is 0. The van der Waals surface area contributed by atoms with Crippen molar-refractivity contribution in [1.29, 1.82) is 0 Å². The third kappa shape index (κ3) is 3.53. The maximum absolute atomic E-state index is 12.0. The lowest BCUT2D eigenvalue weighted by molar-refractivity contribution is -0.211. The smallest absolute Gasteiger partial charge is 0.388 e. The molecule has 0 spiro atoms. The van der Waals surface area contributed by atoms with Gasteiger partial charge in [0.25, 0.3) is 0 Å². The Balaban J connectivity index is 2.61. The number of aliphatic hydroxyl groups is 2. The Bertz CT molecular complexity index is 297. The SMILES string of the molecule is O[C@@H](C[C@H](O)C(F)(F)F)c1ccccc1. The summed E-state index contributed by atoms with van der Waals surface area (Å²) in [4.78, 5) is 0. The molecule has 0 unspecified atom stereocenters. The number of hydrogen-bond donors (Lipinski definition) is 2. The van der Waals surface area contributed by atoms with Gasteiger partial charge < -0.3 is 10.2 Å². The number of rotatable bonds is 3. The molecule has 1 aromatic rings. The first-order valence-corrected chi connectivity index (χ1v) is 4.39. The van der Waals surface area contributed by atoms with Crippen LogP contribution in [-0.2, 0) is 0 Å². The Morgan fingerprint density at radius 2 is 1.60 bits per heavy atom. The molecule has 0 saturated heterocycles. The molecule has 2 N–H and O–H groups in total. The summed E-state index contributed by atoms with van der Waals surface area (Å²) in [6.07, 6.45) is -9.22. The van der Waals surface area contributed by atoms with Gasteiger partial charge in [0.15, 0.2) is 6.10 Å². The standard InChI is InChI=1S/C10H11F3O2/c11-10(12,13)9(15)6-8(14)7-4-2-1-3-5-7/h1-5,8-9,14-15H,6H2/t8-,9-/m0/s1. The van der Waals surface area contributed by atoms with Gasteiger partial charge in [0.1, 0.15) is 0 Å². The number of alkyl halides is 3. The first kappa shape index (κ1) is 12.0. The van der Waals surface area contributed by atoms with Crippen molar-refractivity contribution in [2.45, 2.75) is 24.8 Å². The second kappa shape index (κ2) is 4.63. The zero-order chi connectivity index (χ0) is 11.5. The fourth-order valence-electron chi connectivity index (χ4n) is 1.16. The molecule has 0 aromatic heterocycles. The molecule has 0 aliphatic heterocycles. The molecule has 0 fully saturated rings. The number of aliphatic hydroxyl groups excluding tert-OH is 2. The monoisotopic (exact) mass is 220 g/mol. The van der Waals surface area contributed by atoms with Crippen molar-refractivity contribution in [2.75, 3.05) is 0 Å². The highest BCUT2D eigenvalue weighted by molar-refractivity contribution is 5.17. The van der Waals surface area contributed by atoms with Crippen LogP contribution < -0.4 is 0 Å². The Labute approximate surface area is 85.0 Å². The van der Waals surface area contributed by atoms with Gasteiger partial charge in [-0.25, -0.2) is 0 Å². The van der Waals surface area contributed by atoms with Gasteiger partial charge in [0.2, 0.25) is 0 Å². The maximum Gasteiger partial charge on any atom is 0.414 e. The molecule has 0 amide bonds. The molecule has 0 heterocycles. The molecule has 15 heavy (non-hydrogen) atoms. The number of halogens is 3. The van der Waals surface area contributed by atoms with Crippen LogP contribution in [0.25, 0.3) is 0 Å². The lowest BCUT2D eigenvalue weighted by Crippen LogP contribution is -2.30. The van der Waals surface area contributed by atoms with E-state index in [-0.39, 0.29) is 0 Å². The molecule has 1 rings (SSSR count). The lowest BCUT2D eigenvalue weighted by Gasteiger charge is -2.18. The average molecular weight is 220 g/mol. The summed E-state index contributed by atoms with van der Waals surface area (Å²) in [5.41, 5.74) is 0.362. The highest BCUT2D eigenvalue weighted by atomic mass is 19.4. The molecule has 2 nitrogen and oxygen atoms in total. The summed E-state index contributed by atoms with van der Waals surface area (Å²) in [6, 6.07) is 7.93. The van der Waals surface area contributed by atoms with Crippen molar-refractivity contribution in [3.8, 4) is 0 Å². The number of benzene rings is 1. The first-order valence-electron chi connectivity index (χ1n) is 4.39. The van der Waals surface area contributed by atoms with Crippen LogP contribution in [0.2, 0.25) is 0 Å². The molecular formula is C10H11F3O2. The van der Waals surface area contributed by atoms with Crippen LogP contribution in [0, 0.1) is 0 Å². The van der Waals surface area contributed by atoms with E-state index in [1.165, 1.54) is 12.1 Å². The predicted molar refractivity (Wildman–Crippen MR) is 48.1 cm³/mol. The summed E-state index contributed by atoms with van der Waals surface area (Å²) >= 11 is 0. The van der Waals surface area contributed by atoms with Crippen LogP contribution in [0.1, 0.15) is 18.1 Å². The van der Waals surface area contributed by atoms with Gasteiger partial charge in [-0.05, 0) is 5.56 Å². The van der Waals surface area contributed by atoms with E-state index in [4.69, 9.17) is 5.11 Å². The molecule has 84 valence electrons. The molecular weight excluding hydrogens is 209 g/mol. The third-order valence-electron chi connectivity index (χ3n) is 2.01. The summed E-state index contributed by atoms with van der Waals surface area (Å²) in [7, 11) is 0. The van der Waals surface area contributed by atoms with E-state index in [1.807, 2.05) is 0 Å². The van der Waals surface area contributed by atoms with Gasteiger partial charge in [-0.2, -0.15) is 13.2 Å². The Hall–Kier alpha value is -1.07. The van der Waals surface area contributed by atoms with Crippen molar-refractivity contribution >= 4 is 0 Å². The van der Waals surface area contributed by atoms with Crippen molar-refractivity contribution < 1.29 is 23.4 Å². The number of hydrogen-bond acceptors (Lipinski definition) is 2. The van der Waals surface area contributed by atoms with Gasteiger partial charge in [-0.15, -0.1) is 0 Å². The van der Waals surface area contributed by atoms with Crippen LogP contribution in [0.5, 0.6) is 0 Å². The second-order valence-electron chi connectivity index (χ2n) is 3.22. The van der Waals surface area contributed by atoms with E-state index < -0.39 is 24.8 Å². The fraction of sp³-hybridized carbons (Fsp3) is 0.400. The maximum atomic E-state index is 12.0. The van der Waals surface area contributed by atoms with Gasteiger partial charge in [0.05, 0.1) is 6.10 Å². The minimum Gasteiger partial charge on any atom is -0.388 e. The lowest BCUT2D eigenvalue weighted by atomic mass is 10.0. The summed E-state index contributed by atoms with van der Waals surface area (Å²) < 4.78 is 35.9. The zero-order valence-corrected chi connectivity index (χ0v) is 7.78. The Morgan fingerprint density at radius 3 is 2.07 bits per heavy atom. The predicted octanol–water partition coefficient (Wildman–Crippen LogP) is 2.03. The molecule has 0 saturated carbocycles. The van der Waals surface area contributed by atoms with E-state index in [0.717, 1.165) is 0 Å². The summed E-state index contributed by atoms with van der Waals surface area (Å²) in [5, 5.41) is 18.1. The van der Waals surface area contributed by atoms with E-state index in [0.29, 0.717) is 5.56 Å². The molecule has 0 radical (unpaired) electrons. The van der Waals surface area contributed by atoms with Crippen LogP contribution in [0.15, 0.2) is 30.3 Å². The van der Waals surface area contributed by atoms with E-state index in [9.17, 15) is 18.3 Å². The largest absolute Gasteiger partial charge is 0.414 e. The quantitative estimate of drug-likeness (QED) is 0.818. The molecule has 0 bridgehead atoms. The summed E-state index contributed by atoms with van der Waals surface area (Å²) in [6.45, 7) is 0. The molecule has 1 aromatic carbocycles. The van der Waals surface area contributed by atoms with Crippen LogP contribution >= 0.6 is 0 Å². The third-order valence-corrected chi connectivity index (χ3v) is 2.01. The van der Waals surface area contributed by atoms with Crippen molar-refractivity contribution in [1.82, 2.24) is 0 Å². The van der Waals surface area contributed by atoms with Crippen LogP contribution in [-0.4, -0.2) is 22.5 Å². The second-order valence-corrected chi connectivity index (χ2v) is 3.22. The average Bonchev–Trinajstić information content (AvgIpc) is 2.17. The zero-order valence-electron chi connectivity index (χ0n) is 7.78. The fourth-order valence-corrected chi connectivity index (χ4v) is 1.16. The van der Waals surface area contributed by atoms with Gasteiger partial charge in [0, 0.05) is 6.42 Å². The van der Waals surface area contributed by atoms with Crippen LogP contribution in [0.4, 0.5) is 13.2 Å². The highest BCUT2D eigenvalue weighted by Gasteiger charge is 2.39. The topological polar surface area (TPSA) is 40.5 Å². The molecule has 0 aliphatic rings. The molecule has 5 heteroatoms. The van der Waals surface area contributed by atoms with Crippen molar-refractivity contribution in [3.05, 3.63) is 35.9 Å². The molecule has 2 atom stereocenters. The van der Waals surface area contributed by atoms with E-state index >= 15 is 0 Å². The normalized spacial score (nSPS) is 16.1. The highest BCUT2D eigenvalue weighted by Crippen LogP contribution is 2.27. The van der Waals surface area contributed by atoms with E-state index in [2.05, 4.69) is 0 Å². The molecule has 0 aliphatic carbocycles. The van der Waals surface area contributed by atoms with Crippen molar-refractivity contribution in [3.63, 3.8) is 0 Å². The van der Waals surface area contributed by atoms with Gasteiger partial charge in [-0.3, -0.25) is 0 Å². The van der Waals surface area contributed by atoms with Gasteiger partial charge in [-0.1, -0.05) is 30.3 Å². The first-order chi connectivity index (χ1) is 6.91.